The summed E-state index contributed by atoms with van der Waals surface area (Å²) in [6, 6.07) is -19.2. The highest BCUT2D eigenvalue weighted by atomic mass is 16.4. The summed E-state index contributed by atoms with van der Waals surface area (Å²) in [6.07, 6.45) is -11.0. The van der Waals surface area contributed by atoms with Crippen LogP contribution >= 0.6 is 0 Å². The number of carboxylic acids is 6. The van der Waals surface area contributed by atoms with Gasteiger partial charge in [-0.1, -0.05) is 71.9 Å². The van der Waals surface area contributed by atoms with Crippen LogP contribution in [0.4, 0.5) is 0 Å². The first-order valence-corrected chi connectivity index (χ1v) is 36.8. The summed E-state index contributed by atoms with van der Waals surface area (Å²) in [5.41, 5.74) is 5.57. The van der Waals surface area contributed by atoms with Gasteiger partial charge >= 0.3 is 35.8 Å². The maximum absolute atomic E-state index is 14.3. The number of carbonyl (C=O) groups excluding carboxylic acids is 16. The highest BCUT2D eigenvalue weighted by molar-refractivity contribution is 6.02. The Bertz CT molecular complexity index is 3730. The Hall–Kier alpha value is -12.5. The van der Waals surface area contributed by atoms with Crippen molar-refractivity contribution < 1.29 is 146 Å². The van der Waals surface area contributed by atoms with E-state index in [0.717, 1.165) is 27.7 Å². The second-order valence-electron chi connectivity index (χ2n) is 28.7. The van der Waals surface area contributed by atoms with Crippen LogP contribution in [0.3, 0.4) is 0 Å². The predicted octanol–water partition coefficient (Wildman–Crippen LogP) is -7.79. The molecular formula is C71H108N16O30. The van der Waals surface area contributed by atoms with Crippen LogP contribution in [0, 0.1) is 17.8 Å². The van der Waals surface area contributed by atoms with Gasteiger partial charge in [0.1, 0.15) is 90.6 Å². The molecule has 0 bridgehead atoms. The van der Waals surface area contributed by atoms with E-state index in [4.69, 9.17) is 5.73 Å². The number of hydrogen-bond donors (Lipinski definition) is 24. The molecule has 0 unspecified atom stereocenters. The molecule has 0 fully saturated rings. The fraction of sp³-hybridized carbons (Fsp3) is 0.606. The van der Waals surface area contributed by atoms with E-state index in [-0.39, 0.29) is 25.2 Å². The van der Waals surface area contributed by atoms with E-state index < -0.39 is 303 Å². The van der Waals surface area contributed by atoms with E-state index in [1.165, 1.54) is 20.8 Å². The van der Waals surface area contributed by atoms with Crippen LogP contribution in [0.2, 0.25) is 0 Å². The molecule has 1 aromatic carbocycles. The molecular weight excluding hydrogens is 1560 g/mol. The fourth-order valence-corrected chi connectivity index (χ4v) is 10.8. The number of aliphatic carboxylic acids is 6. The molecule has 0 spiro atoms. The fourth-order valence-electron chi connectivity index (χ4n) is 10.8. The number of benzene rings is 1. The maximum atomic E-state index is 14.3. The molecule has 0 heterocycles. The average molecular weight is 1670 g/mol. The van der Waals surface area contributed by atoms with Gasteiger partial charge in [0.25, 0.3) is 0 Å². The van der Waals surface area contributed by atoms with Crippen LogP contribution in [-0.2, 0) is 112 Å². The number of amides is 16. The largest absolute Gasteiger partial charge is 0.481 e. The van der Waals surface area contributed by atoms with Crippen LogP contribution in [0.5, 0.6) is 0 Å². The molecule has 0 aliphatic carbocycles. The Morgan fingerprint density at radius 3 is 0.872 bits per heavy atom. The predicted molar refractivity (Wildman–Crippen MR) is 401 cm³/mol. The molecule has 16 atom stereocenters. The zero-order valence-corrected chi connectivity index (χ0v) is 66.2. The van der Waals surface area contributed by atoms with E-state index in [1.807, 2.05) is 10.6 Å². The molecule has 1 rings (SSSR count). The Kier molecular flexibility index (Phi) is 44.4. The number of primary amides is 1. The Balaban J connectivity index is 3.59. The van der Waals surface area contributed by atoms with E-state index >= 15 is 0 Å². The van der Waals surface area contributed by atoms with Gasteiger partial charge in [-0.15, -0.1) is 0 Å². The summed E-state index contributed by atoms with van der Waals surface area (Å²) < 4.78 is 0. The van der Waals surface area contributed by atoms with Crippen molar-refractivity contribution in [1.82, 2.24) is 79.8 Å². The van der Waals surface area contributed by atoms with Crippen molar-refractivity contribution in [3.63, 3.8) is 0 Å². The number of hydrogen-bond acceptors (Lipinski definition) is 24. The molecule has 46 nitrogen and oxygen atoms in total. The van der Waals surface area contributed by atoms with Crippen LogP contribution in [0.15, 0.2) is 30.3 Å². The van der Waals surface area contributed by atoms with Crippen molar-refractivity contribution in [3.05, 3.63) is 35.9 Å². The molecule has 0 aliphatic rings. The second kappa shape index (κ2) is 50.6. The van der Waals surface area contributed by atoms with E-state index in [2.05, 4.69) is 69.1 Å². The minimum Gasteiger partial charge on any atom is -0.481 e. The smallest absolute Gasteiger partial charge is 0.305 e. The summed E-state index contributed by atoms with van der Waals surface area (Å²) in [4.78, 5) is 289. The standard InChI is InChI=1S/C71H108N16O30/c1-30(2)21-41(63(109)73-34(8)60(106)86-49(29-88)57(72)103)79-58(104)33(7)74-64(110)46(26-53(97)98)84-66(112)43(23-32(5)6)81-62(108)40(18-20-51(93)94)77-61(107)39(17-19-50(91)92)78-65(111)42(22-31(3)4)82-69(115)48(28-55(101)102)85-68(114)47(27-54(99)100)80-59(105)35(9)75-71(117)56(36(10)89)87-70(116)44(24-38-15-13-12-14-16-38)83-67(113)45(25-52(95)96)76-37(11)90/h12-16,30-36,39-49,56,88-89H,17-29H2,1-11H3,(H2,72,103)(H,73,109)(H,74,110)(H,75,117)(H,76,90)(H,77,107)(H,78,111)(H,79,104)(H,80,105)(H,81,108)(H,82,115)(H,83,113)(H,84,112)(H,85,114)(H,86,106)(H,87,116)(H,91,92)(H,93,94)(H,95,96)(H,97,98)(H,99,100)(H,101,102)/t33-,34-,35-,36+,39-,40-,41-,42-,43-,44-,45-,46-,47-,48-,49-,56-/m0/s1. The monoisotopic (exact) mass is 1660 g/mol. The number of carbonyl (C=O) groups is 22. The summed E-state index contributed by atoms with van der Waals surface area (Å²) >= 11 is 0. The second-order valence-corrected chi connectivity index (χ2v) is 28.7. The van der Waals surface area contributed by atoms with Gasteiger partial charge in [-0.05, 0) is 83.1 Å². The van der Waals surface area contributed by atoms with Crippen molar-refractivity contribution in [2.75, 3.05) is 6.61 Å². The first-order chi connectivity index (χ1) is 54.3. The van der Waals surface area contributed by atoms with Gasteiger partial charge in [-0.2, -0.15) is 0 Å². The van der Waals surface area contributed by atoms with Gasteiger partial charge in [0.15, 0.2) is 0 Å². The third kappa shape index (κ3) is 39.9. The van der Waals surface area contributed by atoms with Gasteiger partial charge < -0.3 is 126 Å². The molecule has 0 saturated carbocycles. The third-order valence-corrected chi connectivity index (χ3v) is 16.8. The minimum absolute atomic E-state index is 0.0540. The normalized spacial score (nSPS) is 15.1. The highest BCUT2D eigenvalue weighted by Gasteiger charge is 2.40. The number of rotatable bonds is 54. The molecule has 46 heteroatoms. The molecule has 25 N–H and O–H groups in total. The SMILES string of the molecule is CC(=O)N[C@@H](CC(=O)O)C(=O)N[C@@H](Cc1ccccc1)C(=O)N[C@H](C(=O)N[C@@H](C)C(=O)N[C@@H](CC(=O)O)C(=O)N[C@@H](CC(=O)O)C(=O)N[C@@H](CC(C)C)C(=O)N[C@@H](CCC(=O)O)C(=O)N[C@@H](CCC(=O)O)C(=O)N[C@@H](CC(C)C)C(=O)N[C@@H](CC(=O)O)C(=O)N[C@@H](C)C(=O)N[C@@H](CC(C)C)C(=O)N[C@@H](C)C(=O)N[C@@H](CO)C(N)=O)[C@@H](C)O. The van der Waals surface area contributed by atoms with Crippen molar-refractivity contribution >= 4 is 130 Å². The molecule has 117 heavy (non-hydrogen) atoms. The minimum atomic E-state index is -2.26. The first-order valence-electron chi connectivity index (χ1n) is 36.8. The number of aliphatic hydroxyl groups excluding tert-OH is 2. The number of nitrogens with one attached hydrogen (secondary N) is 15. The number of carboxylic acid groups (broad SMARTS) is 6. The Labute approximate surface area is 670 Å². The average Bonchev–Trinajstić information content (AvgIpc) is 0.856. The molecule has 0 saturated heterocycles. The topological polar surface area (TPSA) is 744 Å². The van der Waals surface area contributed by atoms with Crippen molar-refractivity contribution in [2.45, 2.75) is 250 Å². The van der Waals surface area contributed by atoms with Crippen molar-refractivity contribution in [3.8, 4) is 0 Å². The maximum Gasteiger partial charge on any atom is 0.305 e. The Morgan fingerprint density at radius 1 is 0.308 bits per heavy atom. The summed E-state index contributed by atoms with van der Waals surface area (Å²) in [7, 11) is 0. The van der Waals surface area contributed by atoms with E-state index in [9.17, 15) is 146 Å². The lowest BCUT2D eigenvalue weighted by Gasteiger charge is -2.28. The lowest BCUT2D eigenvalue weighted by molar-refractivity contribution is -0.143. The van der Waals surface area contributed by atoms with E-state index in [0.29, 0.717) is 5.56 Å². The van der Waals surface area contributed by atoms with Gasteiger partial charge in [0.05, 0.1) is 38.4 Å². The van der Waals surface area contributed by atoms with Gasteiger partial charge in [0, 0.05) is 26.2 Å². The zero-order chi connectivity index (χ0) is 89.6. The van der Waals surface area contributed by atoms with Crippen molar-refractivity contribution in [1.29, 1.82) is 0 Å². The van der Waals surface area contributed by atoms with Crippen molar-refractivity contribution in [2.24, 2.45) is 23.5 Å². The number of aliphatic hydroxyl groups is 2. The molecule has 0 radical (unpaired) electrons. The van der Waals surface area contributed by atoms with Gasteiger partial charge in [-0.25, -0.2) is 0 Å². The quantitative estimate of drug-likeness (QED) is 0.0288. The van der Waals surface area contributed by atoms with Crippen LogP contribution in [0.25, 0.3) is 0 Å². The first kappa shape index (κ1) is 102. The molecule has 0 aromatic heterocycles. The summed E-state index contributed by atoms with van der Waals surface area (Å²) in [5, 5.41) is 112. The Morgan fingerprint density at radius 2 is 0.564 bits per heavy atom. The van der Waals surface area contributed by atoms with Gasteiger partial charge in [-0.3, -0.25) is 105 Å². The van der Waals surface area contributed by atoms with Crippen LogP contribution in [-0.4, -0.2) is 275 Å². The zero-order valence-electron chi connectivity index (χ0n) is 66.2. The van der Waals surface area contributed by atoms with E-state index in [1.54, 1.807) is 58.0 Å². The molecule has 0 aliphatic heterocycles. The highest BCUT2D eigenvalue weighted by Crippen LogP contribution is 2.15. The lowest BCUT2D eigenvalue weighted by atomic mass is 10.0. The number of nitrogens with two attached hydrogens (primary N) is 1. The third-order valence-electron chi connectivity index (χ3n) is 16.8. The van der Waals surface area contributed by atoms with Crippen LogP contribution < -0.4 is 85.5 Å². The summed E-state index contributed by atoms with van der Waals surface area (Å²) in [5.74, 6) is -30.7. The molecule has 652 valence electrons. The molecule has 1 aromatic rings. The molecule has 16 amide bonds. The summed E-state index contributed by atoms with van der Waals surface area (Å²) in [6.45, 7) is 13.9. The van der Waals surface area contributed by atoms with Crippen LogP contribution in [0.1, 0.15) is 152 Å². The van der Waals surface area contributed by atoms with Gasteiger partial charge in [0.2, 0.25) is 94.5 Å². The lowest BCUT2D eigenvalue weighted by Crippen LogP contribution is -2.62.